The predicted octanol–water partition coefficient (Wildman–Crippen LogP) is 0.922. The molecule has 1 saturated heterocycles. The summed E-state index contributed by atoms with van der Waals surface area (Å²) in [5.74, 6) is -0.388. The molecule has 1 amide bonds. The highest BCUT2D eigenvalue weighted by molar-refractivity contribution is 7.15. The Morgan fingerprint density at radius 2 is 1.78 bits per heavy atom. The highest BCUT2D eigenvalue weighted by atomic mass is 32.1. The number of esters is 1. The quantitative estimate of drug-likeness (QED) is 0.749. The van der Waals surface area contributed by atoms with E-state index in [1.807, 2.05) is 11.9 Å². The zero-order valence-electron chi connectivity index (χ0n) is 10.5. The lowest BCUT2D eigenvalue weighted by Gasteiger charge is -2.32. The van der Waals surface area contributed by atoms with E-state index in [-0.39, 0.29) is 5.91 Å². The first-order chi connectivity index (χ1) is 8.61. The summed E-state index contributed by atoms with van der Waals surface area (Å²) in [5.41, 5.74) is 0. The van der Waals surface area contributed by atoms with Crippen LogP contribution in [0.15, 0.2) is 12.1 Å². The Bertz CT molecular complexity index is 450. The van der Waals surface area contributed by atoms with Crippen LogP contribution in [0.25, 0.3) is 0 Å². The van der Waals surface area contributed by atoms with Gasteiger partial charge in [-0.3, -0.25) is 4.79 Å². The van der Waals surface area contributed by atoms with Gasteiger partial charge < -0.3 is 14.5 Å². The minimum atomic E-state index is -0.391. The fourth-order valence-corrected chi connectivity index (χ4v) is 2.72. The number of likely N-dealkylation sites (N-methyl/N-ethyl adjacent to an activating group) is 1. The minimum absolute atomic E-state index is 0.00301. The van der Waals surface area contributed by atoms with Crippen molar-refractivity contribution in [2.24, 2.45) is 0 Å². The molecule has 1 fully saturated rings. The standard InChI is InChI=1S/C12H16N2O3S/c1-13-5-7-14(8-6-13)11(15)9-3-4-10(18-9)12(16)17-2/h3-4H,5-8H2,1-2H3. The Labute approximate surface area is 110 Å². The summed E-state index contributed by atoms with van der Waals surface area (Å²) in [6.45, 7) is 3.25. The van der Waals surface area contributed by atoms with E-state index in [1.54, 1.807) is 12.1 Å². The molecular formula is C12H16N2O3S. The Balaban J connectivity index is 2.05. The van der Waals surface area contributed by atoms with E-state index in [9.17, 15) is 9.59 Å². The first-order valence-electron chi connectivity index (χ1n) is 5.78. The lowest BCUT2D eigenvalue weighted by molar-refractivity contribution is 0.0605. The molecule has 0 unspecified atom stereocenters. The summed E-state index contributed by atoms with van der Waals surface area (Å²) in [6, 6.07) is 3.33. The van der Waals surface area contributed by atoms with Gasteiger partial charge in [0.1, 0.15) is 4.88 Å². The van der Waals surface area contributed by atoms with Gasteiger partial charge in [0.2, 0.25) is 0 Å². The molecule has 98 valence electrons. The number of thiophene rings is 1. The summed E-state index contributed by atoms with van der Waals surface area (Å²) in [7, 11) is 3.38. The van der Waals surface area contributed by atoms with E-state index in [0.29, 0.717) is 9.75 Å². The zero-order chi connectivity index (χ0) is 13.1. The van der Waals surface area contributed by atoms with Crippen molar-refractivity contribution < 1.29 is 14.3 Å². The van der Waals surface area contributed by atoms with Gasteiger partial charge in [0.25, 0.3) is 5.91 Å². The lowest BCUT2D eigenvalue weighted by Crippen LogP contribution is -2.46. The third kappa shape index (κ3) is 2.70. The van der Waals surface area contributed by atoms with Gasteiger partial charge >= 0.3 is 5.97 Å². The van der Waals surface area contributed by atoms with E-state index >= 15 is 0 Å². The number of methoxy groups -OCH3 is 1. The van der Waals surface area contributed by atoms with Gasteiger partial charge in [-0.15, -0.1) is 11.3 Å². The van der Waals surface area contributed by atoms with Gasteiger partial charge in [-0.2, -0.15) is 0 Å². The Morgan fingerprint density at radius 3 is 2.39 bits per heavy atom. The summed E-state index contributed by atoms with van der Waals surface area (Å²) >= 11 is 1.19. The van der Waals surface area contributed by atoms with E-state index in [1.165, 1.54) is 18.4 Å². The summed E-state index contributed by atoms with van der Waals surface area (Å²) in [6.07, 6.45) is 0. The van der Waals surface area contributed by atoms with Crippen LogP contribution >= 0.6 is 11.3 Å². The highest BCUT2D eigenvalue weighted by Crippen LogP contribution is 2.19. The first-order valence-corrected chi connectivity index (χ1v) is 6.59. The van der Waals surface area contributed by atoms with E-state index in [2.05, 4.69) is 9.64 Å². The van der Waals surface area contributed by atoms with Crippen molar-refractivity contribution in [1.29, 1.82) is 0 Å². The van der Waals surface area contributed by atoms with Crippen LogP contribution in [0, 0.1) is 0 Å². The van der Waals surface area contributed by atoms with Gasteiger partial charge in [-0.05, 0) is 19.2 Å². The Morgan fingerprint density at radius 1 is 1.17 bits per heavy atom. The van der Waals surface area contributed by atoms with Crippen LogP contribution in [-0.2, 0) is 4.74 Å². The molecule has 0 saturated carbocycles. The summed E-state index contributed by atoms with van der Waals surface area (Å²) < 4.78 is 4.63. The van der Waals surface area contributed by atoms with Gasteiger partial charge in [0, 0.05) is 26.2 Å². The second kappa shape index (κ2) is 5.49. The topological polar surface area (TPSA) is 49.9 Å². The SMILES string of the molecule is COC(=O)c1ccc(C(=O)N2CCN(C)CC2)s1. The zero-order valence-corrected chi connectivity index (χ0v) is 11.3. The molecule has 1 aromatic heterocycles. The first kappa shape index (κ1) is 13.0. The normalized spacial score (nSPS) is 16.7. The maximum absolute atomic E-state index is 12.2. The number of ether oxygens (including phenoxy) is 1. The van der Waals surface area contributed by atoms with Gasteiger partial charge in [-0.1, -0.05) is 0 Å². The van der Waals surface area contributed by atoms with Crippen molar-refractivity contribution in [3.63, 3.8) is 0 Å². The molecule has 1 aliphatic heterocycles. The number of nitrogens with zero attached hydrogens (tertiary/aromatic N) is 2. The van der Waals surface area contributed by atoms with Crippen LogP contribution in [0.2, 0.25) is 0 Å². The van der Waals surface area contributed by atoms with Gasteiger partial charge in [0.05, 0.1) is 12.0 Å². The van der Waals surface area contributed by atoms with Crippen molar-refractivity contribution in [3.8, 4) is 0 Å². The van der Waals surface area contributed by atoms with Crippen LogP contribution in [-0.4, -0.2) is 62.0 Å². The lowest BCUT2D eigenvalue weighted by atomic mass is 10.3. The van der Waals surface area contributed by atoms with E-state index < -0.39 is 5.97 Å². The van der Waals surface area contributed by atoms with Gasteiger partial charge in [0.15, 0.2) is 0 Å². The smallest absolute Gasteiger partial charge is 0.348 e. The van der Waals surface area contributed by atoms with Crippen LogP contribution in [0.5, 0.6) is 0 Å². The summed E-state index contributed by atoms with van der Waals surface area (Å²) in [5, 5.41) is 0. The van der Waals surface area contributed by atoms with Crippen LogP contribution in [0.1, 0.15) is 19.3 Å². The molecule has 0 radical (unpaired) electrons. The Kier molecular flexibility index (Phi) is 3.98. The molecule has 0 atom stereocenters. The minimum Gasteiger partial charge on any atom is -0.465 e. The van der Waals surface area contributed by atoms with Gasteiger partial charge in [-0.25, -0.2) is 4.79 Å². The fourth-order valence-electron chi connectivity index (χ4n) is 1.83. The molecule has 18 heavy (non-hydrogen) atoms. The third-order valence-electron chi connectivity index (χ3n) is 2.99. The number of hydrogen-bond donors (Lipinski definition) is 0. The number of carbonyl (C=O) groups excluding carboxylic acids is 2. The Hall–Kier alpha value is -1.40. The molecular weight excluding hydrogens is 252 g/mol. The maximum Gasteiger partial charge on any atom is 0.348 e. The molecule has 1 aromatic rings. The number of amides is 1. The second-order valence-electron chi connectivity index (χ2n) is 4.25. The molecule has 5 nitrogen and oxygen atoms in total. The predicted molar refractivity (Wildman–Crippen MR) is 69.1 cm³/mol. The van der Waals surface area contributed by atoms with Crippen molar-refractivity contribution >= 4 is 23.2 Å². The van der Waals surface area contributed by atoms with Crippen LogP contribution in [0.3, 0.4) is 0 Å². The number of rotatable bonds is 2. The van der Waals surface area contributed by atoms with Crippen LogP contribution in [0.4, 0.5) is 0 Å². The molecule has 0 aromatic carbocycles. The second-order valence-corrected chi connectivity index (χ2v) is 5.33. The fraction of sp³-hybridized carbons (Fsp3) is 0.500. The molecule has 2 heterocycles. The monoisotopic (exact) mass is 268 g/mol. The summed E-state index contributed by atoms with van der Waals surface area (Å²) in [4.78, 5) is 28.6. The van der Waals surface area contributed by atoms with Crippen molar-refractivity contribution in [2.75, 3.05) is 40.3 Å². The molecule has 6 heteroatoms. The van der Waals surface area contributed by atoms with Crippen molar-refractivity contribution in [2.45, 2.75) is 0 Å². The number of hydrogen-bond acceptors (Lipinski definition) is 5. The maximum atomic E-state index is 12.2. The number of carbonyl (C=O) groups is 2. The molecule has 2 rings (SSSR count). The van der Waals surface area contributed by atoms with Crippen molar-refractivity contribution in [3.05, 3.63) is 21.9 Å². The van der Waals surface area contributed by atoms with Crippen molar-refractivity contribution in [1.82, 2.24) is 9.80 Å². The number of piperazine rings is 1. The van der Waals surface area contributed by atoms with E-state index in [4.69, 9.17) is 0 Å². The molecule has 0 bridgehead atoms. The molecule has 0 aliphatic carbocycles. The molecule has 0 spiro atoms. The van der Waals surface area contributed by atoms with E-state index in [0.717, 1.165) is 26.2 Å². The highest BCUT2D eigenvalue weighted by Gasteiger charge is 2.22. The average Bonchev–Trinajstić information content (AvgIpc) is 2.87. The third-order valence-corrected chi connectivity index (χ3v) is 4.05. The van der Waals surface area contributed by atoms with Crippen LogP contribution < -0.4 is 0 Å². The molecule has 0 N–H and O–H groups in total. The average molecular weight is 268 g/mol. The molecule has 1 aliphatic rings. The largest absolute Gasteiger partial charge is 0.465 e.